The first-order chi connectivity index (χ1) is 14.1. The number of carbonyl (C=O) groups is 2. The number of hydrogen-bond donors (Lipinski definition) is 3. The molecule has 0 fully saturated rings. The maximum atomic E-state index is 12.5. The molecule has 3 aromatic rings. The molecule has 0 spiro atoms. The van der Waals surface area contributed by atoms with Crippen LogP contribution in [0.15, 0.2) is 72.8 Å². The van der Waals surface area contributed by atoms with E-state index in [4.69, 9.17) is 16.3 Å². The summed E-state index contributed by atoms with van der Waals surface area (Å²) in [5.74, 6) is 0.0687. The molecule has 0 aliphatic heterocycles. The number of carbonyl (C=O) groups excluding carboxylic acids is 2. The lowest BCUT2D eigenvalue weighted by Gasteiger charge is -2.14. The maximum absolute atomic E-state index is 12.5. The van der Waals surface area contributed by atoms with Crippen LogP contribution in [0.25, 0.3) is 0 Å². The number of anilines is 3. The number of benzene rings is 3. The Bertz CT molecular complexity index is 1010. The molecule has 0 bridgehead atoms. The highest BCUT2D eigenvalue weighted by atomic mass is 35.5. The average Bonchev–Trinajstić information content (AvgIpc) is 2.74. The van der Waals surface area contributed by atoms with Crippen molar-refractivity contribution in [2.45, 2.75) is 0 Å². The van der Waals surface area contributed by atoms with Gasteiger partial charge in [0.1, 0.15) is 5.75 Å². The van der Waals surface area contributed by atoms with Crippen LogP contribution < -0.4 is 20.7 Å². The second-order valence-electron chi connectivity index (χ2n) is 6.11. The summed E-state index contributed by atoms with van der Waals surface area (Å²) < 4.78 is 5.23. The molecule has 0 saturated carbocycles. The molecule has 148 valence electrons. The Kier molecular flexibility index (Phi) is 6.71. The zero-order chi connectivity index (χ0) is 20.6. The predicted octanol–water partition coefficient (Wildman–Crippen LogP) is 4.65. The van der Waals surface area contributed by atoms with Gasteiger partial charge in [-0.1, -0.05) is 35.9 Å². The summed E-state index contributed by atoms with van der Waals surface area (Å²) in [5, 5.41) is 9.25. The van der Waals surface area contributed by atoms with Crippen LogP contribution in [0.2, 0.25) is 5.02 Å². The third-order valence-electron chi connectivity index (χ3n) is 4.10. The first-order valence-electron chi connectivity index (χ1n) is 8.89. The van der Waals surface area contributed by atoms with Gasteiger partial charge in [-0.05, 0) is 48.5 Å². The number of halogens is 1. The summed E-state index contributed by atoms with van der Waals surface area (Å²) in [6, 6.07) is 20.9. The molecule has 0 aliphatic carbocycles. The van der Waals surface area contributed by atoms with Crippen LogP contribution >= 0.6 is 11.6 Å². The fourth-order valence-electron chi connectivity index (χ4n) is 2.66. The fourth-order valence-corrected chi connectivity index (χ4v) is 2.79. The second-order valence-corrected chi connectivity index (χ2v) is 6.55. The van der Waals surface area contributed by atoms with Gasteiger partial charge in [0, 0.05) is 10.6 Å². The van der Waals surface area contributed by atoms with Crippen LogP contribution in [0.1, 0.15) is 10.4 Å². The van der Waals surface area contributed by atoms with Crippen LogP contribution in [0.3, 0.4) is 0 Å². The summed E-state index contributed by atoms with van der Waals surface area (Å²) in [4.78, 5) is 24.8. The van der Waals surface area contributed by atoms with Crippen molar-refractivity contribution in [2.75, 3.05) is 29.6 Å². The highest BCUT2D eigenvalue weighted by Gasteiger charge is 2.11. The lowest BCUT2D eigenvalue weighted by Crippen LogP contribution is -2.23. The van der Waals surface area contributed by atoms with Crippen LogP contribution in [0, 0.1) is 0 Å². The number of amides is 2. The van der Waals surface area contributed by atoms with E-state index in [1.165, 1.54) is 0 Å². The topological polar surface area (TPSA) is 79.5 Å². The van der Waals surface area contributed by atoms with Crippen molar-refractivity contribution in [3.05, 3.63) is 83.4 Å². The molecule has 0 atom stereocenters. The second kappa shape index (κ2) is 9.61. The molecular formula is C22H20ClN3O3. The maximum Gasteiger partial charge on any atom is 0.255 e. The van der Waals surface area contributed by atoms with E-state index in [1.807, 2.05) is 18.2 Å². The van der Waals surface area contributed by atoms with Gasteiger partial charge in [0.25, 0.3) is 5.91 Å². The van der Waals surface area contributed by atoms with Gasteiger partial charge in [-0.15, -0.1) is 0 Å². The molecule has 2 amide bonds. The summed E-state index contributed by atoms with van der Waals surface area (Å²) in [7, 11) is 1.54. The Balaban J connectivity index is 1.63. The molecule has 0 unspecified atom stereocenters. The lowest BCUT2D eigenvalue weighted by atomic mass is 10.2. The molecule has 3 N–H and O–H groups in total. The van der Waals surface area contributed by atoms with E-state index in [0.29, 0.717) is 33.4 Å². The standard InChI is InChI=1S/C22H20ClN3O3/c1-29-20-9-5-4-8-19(20)25-21(27)14-24-17-6-2-3-7-18(17)26-22(28)15-10-12-16(23)13-11-15/h2-13,24H,14H2,1H3,(H,25,27)(H,26,28). The molecule has 0 heterocycles. The smallest absolute Gasteiger partial charge is 0.255 e. The van der Waals surface area contributed by atoms with Gasteiger partial charge in [0.05, 0.1) is 30.7 Å². The van der Waals surface area contributed by atoms with Crippen molar-refractivity contribution in [2.24, 2.45) is 0 Å². The van der Waals surface area contributed by atoms with Gasteiger partial charge >= 0.3 is 0 Å². The minimum atomic E-state index is -0.269. The summed E-state index contributed by atoms with van der Waals surface area (Å²) >= 11 is 5.86. The minimum absolute atomic E-state index is 0.0197. The first kappa shape index (κ1) is 20.2. The van der Waals surface area contributed by atoms with E-state index < -0.39 is 0 Å². The van der Waals surface area contributed by atoms with E-state index in [1.54, 1.807) is 61.7 Å². The van der Waals surface area contributed by atoms with Gasteiger partial charge < -0.3 is 20.7 Å². The molecule has 3 rings (SSSR count). The number of ether oxygens (including phenoxy) is 1. The van der Waals surface area contributed by atoms with Crippen molar-refractivity contribution >= 4 is 40.5 Å². The average molecular weight is 410 g/mol. The molecule has 0 aliphatic rings. The largest absolute Gasteiger partial charge is 0.495 e. The summed E-state index contributed by atoms with van der Waals surface area (Å²) in [6.07, 6.45) is 0. The molecule has 6 nitrogen and oxygen atoms in total. The number of rotatable bonds is 7. The van der Waals surface area contributed by atoms with Crippen LogP contribution in [-0.4, -0.2) is 25.5 Å². The van der Waals surface area contributed by atoms with Crippen molar-refractivity contribution < 1.29 is 14.3 Å². The van der Waals surface area contributed by atoms with Crippen molar-refractivity contribution in [1.29, 1.82) is 0 Å². The number of para-hydroxylation sites is 4. The van der Waals surface area contributed by atoms with Gasteiger partial charge in [0.15, 0.2) is 0 Å². The van der Waals surface area contributed by atoms with E-state index in [9.17, 15) is 9.59 Å². The van der Waals surface area contributed by atoms with Gasteiger partial charge in [-0.25, -0.2) is 0 Å². The van der Waals surface area contributed by atoms with E-state index in [2.05, 4.69) is 16.0 Å². The Morgan fingerprint density at radius 1 is 0.828 bits per heavy atom. The quantitative estimate of drug-likeness (QED) is 0.530. The molecule has 0 aromatic heterocycles. The van der Waals surface area contributed by atoms with E-state index in [0.717, 1.165) is 0 Å². The third-order valence-corrected chi connectivity index (χ3v) is 4.35. The Morgan fingerprint density at radius 3 is 2.14 bits per heavy atom. The van der Waals surface area contributed by atoms with Gasteiger partial charge in [-0.3, -0.25) is 9.59 Å². The van der Waals surface area contributed by atoms with Crippen molar-refractivity contribution in [3.63, 3.8) is 0 Å². The van der Waals surface area contributed by atoms with Gasteiger partial charge in [-0.2, -0.15) is 0 Å². The fraction of sp³-hybridized carbons (Fsp3) is 0.0909. The van der Waals surface area contributed by atoms with Crippen molar-refractivity contribution in [1.82, 2.24) is 0 Å². The lowest BCUT2D eigenvalue weighted by molar-refractivity contribution is -0.114. The Hall–Kier alpha value is -3.51. The summed E-state index contributed by atoms with van der Waals surface area (Å²) in [6.45, 7) is 0.0197. The van der Waals surface area contributed by atoms with Crippen LogP contribution in [-0.2, 0) is 4.79 Å². The predicted molar refractivity (Wildman–Crippen MR) is 116 cm³/mol. The van der Waals surface area contributed by atoms with E-state index >= 15 is 0 Å². The first-order valence-corrected chi connectivity index (χ1v) is 9.27. The molecule has 3 aromatic carbocycles. The summed E-state index contributed by atoms with van der Waals surface area (Å²) in [5.41, 5.74) is 2.27. The third kappa shape index (κ3) is 5.49. The molecule has 29 heavy (non-hydrogen) atoms. The number of nitrogens with one attached hydrogen (secondary N) is 3. The molecule has 0 radical (unpaired) electrons. The van der Waals surface area contributed by atoms with Crippen LogP contribution in [0.5, 0.6) is 5.75 Å². The van der Waals surface area contributed by atoms with Crippen molar-refractivity contribution in [3.8, 4) is 5.75 Å². The number of methoxy groups -OCH3 is 1. The zero-order valence-electron chi connectivity index (χ0n) is 15.7. The molecular weight excluding hydrogens is 390 g/mol. The van der Waals surface area contributed by atoms with E-state index in [-0.39, 0.29) is 18.4 Å². The van der Waals surface area contributed by atoms with Crippen LogP contribution in [0.4, 0.5) is 17.1 Å². The number of hydrogen-bond acceptors (Lipinski definition) is 4. The highest BCUT2D eigenvalue weighted by molar-refractivity contribution is 6.30. The Morgan fingerprint density at radius 2 is 1.45 bits per heavy atom. The zero-order valence-corrected chi connectivity index (χ0v) is 16.5. The Labute approximate surface area is 173 Å². The SMILES string of the molecule is COc1ccccc1NC(=O)CNc1ccccc1NC(=O)c1ccc(Cl)cc1. The monoisotopic (exact) mass is 409 g/mol. The normalized spacial score (nSPS) is 10.1. The van der Waals surface area contributed by atoms with Gasteiger partial charge in [0.2, 0.25) is 5.91 Å². The highest BCUT2D eigenvalue weighted by Crippen LogP contribution is 2.24. The molecule has 7 heteroatoms. The minimum Gasteiger partial charge on any atom is -0.495 e. The molecule has 0 saturated heterocycles.